The molecule has 3 N–H and O–H groups in total. The van der Waals surface area contributed by atoms with Crippen LogP contribution in [0.25, 0.3) is 0 Å². The van der Waals surface area contributed by atoms with E-state index in [-0.39, 0.29) is 42.4 Å². The second-order valence-corrected chi connectivity index (χ2v) is 12.6. The molecule has 3 aliphatic rings. The fourth-order valence-corrected chi connectivity index (χ4v) is 5.89. The van der Waals surface area contributed by atoms with Gasteiger partial charge in [-0.25, -0.2) is 13.6 Å². The number of nitrogens with zero attached hydrogens (tertiary/aromatic N) is 2. The number of unbranched alkanes of at least 4 members (excludes halogenated alkanes) is 3. The van der Waals surface area contributed by atoms with Crippen molar-refractivity contribution in [1.82, 2.24) is 15.1 Å². The molecule has 286 valence electrons. The molecule has 2 aromatic carbocycles. The Balaban J connectivity index is 0.000000224. The van der Waals surface area contributed by atoms with Crippen molar-refractivity contribution >= 4 is 29.6 Å². The van der Waals surface area contributed by atoms with Gasteiger partial charge in [-0.2, -0.15) is 13.2 Å². The molecule has 5 rings (SSSR count). The third-order valence-electron chi connectivity index (χ3n) is 8.77. The maximum atomic E-state index is 13.3. The SMILES string of the molecule is CCCCC/C=C\C1C[C@@H]1C(=O)OCC.CNC(=O)C1CCCN1C(=O)CNc1cc(F)cc(C(F)(F)F)c1.O=C(O)N1Cc2cccc(F)c2C1. The van der Waals surface area contributed by atoms with Gasteiger partial charge >= 0.3 is 18.2 Å². The van der Waals surface area contributed by atoms with Crippen molar-refractivity contribution < 1.29 is 51.0 Å². The van der Waals surface area contributed by atoms with E-state index in [0.717, 1.165) is 30.5 Å². The van der Waals surface area contributed by atoms with Gasteiger partial charge in [0.1, 0.15) is 17.7 Å². The van der Waals surface area contributed by atoms with E-state index < -0.39 is 35.6 Å². The minimum atomic E-state index is -4.68. The van der Waals surface area contributed by atoms with Crippen molar-refractivity contribution in [2.45, 2.75) is 84.1 Å². The minimum Gasteiger partial charge on any atom is -0.466 e. The summed E-state index contributed by atoms with van der Waals surface area (Å²) in [5.74, 6) is -1.48. The first-order chi connectivity index (χ1) is 24.7. The number of hydrogen-bond donors (Lipinski definition) is 3. The molecule has 1 saturated carbocycles. The highest BCUT2D eigenvalue weighted by Crippen LogP contribution is 2.40. The second-order valence-electron chi connectivity index (χ2n) is 12.6. The summed E-state index contributed by atoms with van der Waals surface area (Å²) in [6, 6.07) is 6.11. The Morgan fingerprint density at radius 2 is 1.81 bits per heavy atom. The lowest BCUT2D eigenvalue weighted by atomic mass is 10.1. The van der Waals surface area contributed by atoms with Crippen LogP contribution in [0.2, 0.25) is 0 Å². The van der Waals surface area contributed by atoms with Gasteiger partial charge in [-0.05, 0) is 74.8 Å². The number of rotatable bonds is 11. The lowest BCUT2D eigenvalue weighted by Gasteiger charge is -2.23. The van der Waals surface area contributed by atoms with Crippen molar-refractivity contribution in [1.29, 1.82) is 0 Å². The van der Waals surface area contributed by atoms with Crippen LogP contribution in [0, 0.1) is 23.5 Å². The van der Waals surface area contributed by atoms with Crippen LogP contribution in [0.15, 0.2) is 48.6 Å². The quantitative estimate of drug-likeness (QED) is 0.0969. The molecule has 3 amide bonds. The predicted molar refractivity (Wildman–Crippen MR) is 184 cm³/mol. The molecule has 0 bridgehead atoms. The highest BCUT2D eigenvalue weighted by atomic mass is 19.4. The summed E-state index contributed by atoms with van der Waals surface area (Å²) < 4.78 is 69.4. The molecule has 2 unspecified atom stereocenters. The summed E-state index contributed by atoms with van der Waals surface area (Å²) in [5, 5.41) is 13.6. The molecule has 10 nitrogen and oxygen atoms in total. The Labute approximate surface area is 300 Å². The molecule has 0 radical (unpaired) electrons. The number of carboxylic acid groups (broad SMARTS) is 1. The second kappa shape index (κ2) is 19.8. The van der Waals surface area contributed by atoms with Crippen LogP contribution < -0.4 is 10.6 Å². The van der Waals surface area contributed by atoms with E-state index in [0.29, 0.717) is 50.1 Å². The van der Waals surface area contributed by atoms with E-state index >= 15 is 0 Å². The monoisotopic (exact) mass is 738 g/mol. The first kappa shape index (κ1) is 41.7. The molecule has 52 heavy (non-hydrogen) atoms. The maximum absolute atomic E-state index is 13.3. The van der Waals surface area contributed by atoms with Crippen LogP contribution >= 0.6 is 0 Å². The summed E-state index contributed by atoms with van der Waals surface area (Å²) in [6.07, 6.45) is 5.91. The van der Waals surface area contributed by atoms with Crippen molar-refractivity contribution in [2.24, 2.45) is 11.8 Å². The van der Waals surface area contributed by atoms with Crippen LogP contribution in [0.1, 0.15) is 75.5 Å². The van der Waals surface area contributed by atoms with Gasteiger partial charge in [0.05, 0.1) is 31.2 Å². The topological polar surface area (TPSA) is 128 Å². The third-order valence-corrected chi connectivity index (χ3v) is 8.77. The number of esters is 1. The number of nitrogens with one attached hydrogen (secondary N) is 2. The molecule has 2 aliphatic heterocycles. The zero-order valence-electron chi connectivity index (χ0n) is 29.6. The maximum Gasteiger partial charge on any atom is 0.416 e. The van der Waals surface area contributed by atoms with Crippen molar-refractivity contribution in [3.05, 3.63) is 76.9 Å². The molecule has 0 spiro atoms. The molecule has 2 fully saturated rings. The van der Waals surface area contributed by atoms with Gasteiger partial charge in [0.25, 0.3) is 0 Å². The fourth-order valence-electron chi connectivity index (χ4n) is 5.89. The molecule has 3 atom stereocenters. The van der Waals surface area contributed by atoms with Crippen molar-refractivity contribution in [3.63, 3.8) is 0 Å². The highest BCUT2D eigenvalue weighted by molar-refractivity contribution is 5.89. The van der Waals surface area contributed by atoms with E-state index in [9.17, 15) is 41.1 Å². The summed E-state index contributed by atoms with van der Waals surface area (Å²) >= 11 is 0. The summed E-state index contributed by atoms with van der Waals surface area (Å²) in [4.78, 5) is 48.3. The molecule has 1 saturated heterocycles. The number of ether oxygens (including phenoxy) is 1. The highest BCUT2D eigenvalue weighted by Gasteiger charge is 2.42. The van der Waals surface area contributed by atoms with Crippen LogP contribution in [0.5, 0.6) is 0 Å². The van der Waals surface area contributed by atoms with E-state index in [2.05, 4.69) is 29.7 Å². The predicted octanol–water partition coefficient (Wildman–Crippen LogP) is 7.13. The number of likely N-dealkylation sites (tertiary alicyclic amines) is 1. The van der Waals surface area contributed by atoms with Gasteiger partial charge in [0, 0.05) is 31.4 Å². The number of benzene rings is 2. The average Bonchev–Trinajstić information content (AvgIpc) is 3.46. The largest absolute Gasteiger partial charge is 0.466 e. The van der Waals surface area contributed by atoms with Crippen molar-refractivity contribution in [3.8, 4) is 0 Å². The number of halogens is 5. The van der Waals surface area contributed by atoms with Crippen LogP contribution in [-0.4, -0.2) is 71.6 Å². The van der Waals surface area contributed by atoms with E-state index in [1.54, 1.807) is 12.1 Å². The van der Waals surface area contributed by atoms with Gasteiger partial charge in [-0.1, -0.05) is 44.1 Å². The summed E-state index contributed by atoms with van der Waals surface area (Å²) in [6.45, 7) is 5.10. The van der Waals surface area contributed by atoms with Gasteiger partial charge < -0.3 is 25.4 Å². The normalized spacial score (nSPS) is 18.8. The number of likely N-dealkylation sites (N-methyl/N-ethyl adjacent to an activating group) is 1. The number of hydrogen-bond acceptors (Lipinski definition) is 6. The van der Waals surface area contributed by atoms with Crippen LogP contribution in [0.4, 0.5) is 32.4 Å². The number of carbonyl (C=O) groups is 4. The molecular formula is C37H47F5N4O6. The Hall–Kier alpha value is -4.69. The van der Waals surface area contributed by atoms with E-state index in [1.165, 1.54) is 42.2 Å². The Bertz CT molecular complexity index is 1570. The number of anilines is 1. The van der Waals surface area contributed by atoms with Crippen molar-refractivity contribution in [2.75, 3.05) is 32.1 Å². The standard InChI is InChI=1S/C15H17F4N3O2.C13H22O2.C9H8FNO2/c1-20-14(24)12-3-2-4-22(12)13(23)8-21-11-6-9(15(17,18)19)5-10(16)7-11;1-3-5-6-7-8-9-11-10-12(11)13(14)15-4-2;10-8-3-1-2-6-4-11(9(12)13)5-7(6)8/h5-7,12,21H,2-4,8H2,1H3,(H,20,24);8-9,11-12H,3-7,10H2,1-2H3;1-3H,4-5H2,(H,12,13)/b;9-8-;/t;11?,12-;/m.0./s1. The Morgan fingerprint density at radius 3 is 2.44 bits per heavy atom. The lowest BCUT2D eigenvalue weighted by Crippen LogP contribution is -2.46. The summed E-state index contributed by atoms with van der Waals surface area (Å²) in [7, 11) is 1.47. The number of allylic oxidation sites excluding steroid dienone is 2. The lowest BCUT2D eigenvalue weighted by molar-refractivity contribution is -0.145. The Kier molecular flexibility index (Phi) is 15.9. The van der Waals surface area contributed by atoms with Crippen LogP contribution in [-0.2, 0) is 38.4 Å². The first-order valence-electron chi connectivity index (χ1n) is 17.4. The number of amides is 3. The van der Waals surface area contributed by atoms with E-state index in [4.69, 9.17) is 9.84 Å². The minimum absolute atomic E-state index is 0.0132. The number of fused-ring (bicyclic) bond motifs is 1. The van der Waals surface area contributed by atoms with Gasteiger partial charge in [0.2, 0.25) is 11.8 Å². The molecule has 0 aromatic heterocycles. The zero-order valence-corrected chi connectivity index (χ0v) is 29.6. The average molecular weight is 739 g/mol. The van der Waals surface area contributed by atoms with Gasteiger partial charge in [-0.3, -0.25) is 19.3 Å². The molecule has 2 heterocycles. The van der Waals surface area contributed by atoms with Crippen LogP contribution in [0.3, 0.4) is 0 Å². The molecule has 2 aromatic rings. The number of carbonyl (C=O) groups excluding carboxylic acids is 3. The molecule has 1 aliphatic carbocycles. The molecule has 15 heteroatoms. The van der Waals surface area contributed by atoms with E-state index in [1.807, 2.05) is 6.92 Å². The first-order valence-corrected chi connectivity index (χ1v) is 17.4. The fraction of sp³-hybridized carbons (Fsp3) is 0.514. The van der Waals surface area contributed by atoms with Gasteiger partial charge in [0.15, 0.2) is 0 Å². The summed E-state index contributed by atoms with van der Waals surface area (Å²) in [5.41, 5.74) is -0.0134. The Morgan fingerprint density at radius 1 is 1.06 bits per heavy atom. The van der Waals surface area contributed by atoms with Gasteiger partial charge in [-0.15, -0.1) is 0 Å². The number of alkyl halides is 3. The molecular weight excluding hydrogens is 691 g/mol. The third kappa shape index (κ3) is 12.5. The smallest absolute Gasteiger partial charge is 0.416 e. The zero-order chi connectivity index (χ0) is 38.4.